The fraction of sp³-hybridized carbons (Fsp3) is 0.250. The summed E-state index contributed by atoms with van der Waals surface area (Å²) in [6.45, 7) is 1.15. The Bertz CT molecular complexity index is 882. The van der Waals surface area contributed by atoms with E-state index in [9.17, 15) is 14.4 Å². The number of nitrogens with zero attached hydrogens (tertiary/aromatic N) is 2. The van der Waals surface area contributed by atoms with Gasteiger partial charge in [-0.2, -0.15) is 0 Å². The standard InChI is InChI=1S/C16H16ClN3O4S/c1-9(21)18-12-6-10(17)4-5-11(12)13-7-14(22)20(8-15(23)24-2)16(19-13)25-3/h4-7H,8H2,1-3H3,(H,18,21). The fourth-order valence-corrected chi connectivity index (χ4v) is 2.89. The number of rotatable bonds is 5. The van der Waals surface area contributed by atoms with Gasteiger partial charge in [-0.05, 0) is 24.5 Å². The Morgan fingerprint density at radius 3 is 2.68 bits per heavy atom. The van der Waals surface area contributed by atoms with Crippen molar-refractivity contribution < 1.29 is 14.3 Å². The molecular weight excluding hydrogens is 366 g/mol. The number of nitrogens with one attached hydrogen (secondary N) is 1. The smallest absolute Gasteiger partial charge is 0.325 e. The Balaban J connectivity index is 2.58. The van der Waals surface area contributed by atoms with Crippen LogP contribution in [0.25, 0.3) is 11.3 Å². The number of hydrogen-bond donors (Lipinski definition) is 1. The molecule has 9 heteroatoms. The number of halogens is 1. The number of amides is 1. The van der Waals surface area contributed by atoms with Crippen LogP contribution in [0.15, 0.2) is 34.2 Å². The summed E-state index contributed by atoms with van der Waals surface area (Å²) in [4.78, 5) is 39.8. The van der Waals surface area contributed by atoms with Crippen LogP contribution < -0.4 is 10.9 Å². The van der Waals surface area contributed by atoms with E-state index >= 15 is 0 Å². The van der Waals surface area contributed by atoms with Gasteiger partial charge in [0.15, 0.2) is 5.16 Å². The number of ether oxygens (including phenoxy) is 1. The normalized spacial score (nSPS) is 10.4. The highest BCUT2D eigenvalue weighted by molar-refractivity contribution is 7.98. The van der Waals surface area contributed by atoms with Crippen LogP contribution in [0.1, 0.15) is 6.92 Å². The summed E-state index contributed by atoms with van der Waals surface area (Å²) in [6, 6.07) is 6.20. The van der Waals surface area contributed by atoms with Crippen molar-refractivity contribution in [1.82, 2.24) is 9.55 Å². The van der Waals surface area contributed by atoms with Gasteiger partial charge in [0.2, 0.25) is 5.91 Å². The summed E-state index contributed by atoms with van der Waals surface area (Å²) >= 11 is 7.21. The third kappa shape index (κ3) is 4.61. The zero-order valence-electron chi connectivity index (χ0n) is 13.8. The second-order valence-electron chi connectivity index (χ2n) is 5.00. The van der Waals surface area contributed by atoms with Crippen LogP contribution in [-0.2, 0) is 20.9 Å². The molecule has 0 atom stereocenters. The SMILES string of the molecule is COC(=O)Cn1c(SC)nc(-c2ccc(Cl)cc2NC(C)=O)cc1=O. The van der Waals surface area contributed by atoms with E-state index in [0.29, 0.717) is 27.1 Å². The molecule has 0 spiro atoms. The lowest BCUT2D eigenvalue weighted by atomic mass is 10.1. The average Bonchev–Trinajstić information content (AvgIpc) is 2.55. The number of benzene rings is 1. The van der Waals surface area contributed by atoms with Crippen molar-refractivity contribution in [1.29, 1.82) is 0 Å². The first-order valence-electron chi connectivity index (χ1n) is 7.16. The highest BCUT2D eigenvalue weighted by Crippen LogP contribution is 2.30. The van der Waals surface area contributed by atoms with Gasteiger partial charge >= 0.3 is 5.97 Å². The summed E-state index contributed by atoms with van der Waals surface area (Å²) < 4.78 is 5.83. The quantitative estimate of drug-likeness (QED) is 0.486. The van der Waals surface area contributed by atoms with Crippen LogP contribution in [0, 0.1) is 0 Å². The third-order valence-electron chi connectivity index (χ3n) is 3.24. The zero-order valence-corrected chi connectivity index (χ0v) is 15.4. The van der Waals surface area contributed by atoms with Gasteiger partial charge in [0.25, 0.3) is 5.56 Å². The molecule has 0 saturated heterocycles. The van der Waals surface area contributed by atoms with Crippen LogP contribution in [0.5, 0.6) is 0 Å². The highest BCUT2D eigenvalue weighted by atomic mass is 35.5. The average molecular weight is 382 g/mol. The van der Waals surface area contributed by atoms with Gasteiger partial charge in [0.1, 0.15) is 6.54 Å². The van der Waals surface area contributed by atoms with Crippen molar-refractivity contribution in [3.05, 3.63) is 39.6 Å². The Labute approximate surface area is 153 Å². The van der Waals surface area contributed by atoms with Crippen LogP contribution in [0.2, 0.25) is 5.02 Å². The lowest BCUT2D eigenvalue weighted by Gasteiger charge is -2.13. The molecule has 1 amide bonds. The maximum Gasteiger partial charge on any atom is 0.325 e. The van der Waals surface area contributed by atoms with Crippen molar-refractivity contribution >= 4 is 40.9 Å². The maximum absolute atomic E-state index is 12.4. The number of aromatic nitrogens is 2. The van der Waals surface area contributed by atoms with E-state index in [2.05, 4.69) is 15.0 Å². The van der Waals surface area contributed by atoms with Gasteiger partial charge in [-0.1, -0.05) is 23.4 Å². The van der Waals surface area contributed by atoms with Gasteiger partial charge in [-0.3, -0.25) is 19.0 Å². The van der Waals surface area contributed by atoms with E-state index in [1.54, 1.807) is 24.5 Å². The van der Waals surface area contributed by atoms with Crippen molar-refractivity contribution in [2.75, 3.05) is 18.7 Å². The minimum absolute atomic E-state index is 0.224. The number of esters is 1. The molecule has 1 heterocycles. The Kier molecular flexibility index (Phi) is 6.22. The van der Waals surface area contributed by atoms with E-state index in [1.165, 1.54) is 36.4 Å². The van der Waals surface area contributed by atoms with Crippen LogP contribution in [0.4, 0.5) is 5.69 Å². The molecule has 1 aromatic heterocycles. The molecule has 0 aliphatic heterocycles. The number of hydrogen-bond acceptors (Lipinski definition) is 6. The van der Waals surface area contributed by atoms with Gasteiger partial charge in [-0.15, -0.1) is 0 Å². The lowest BCUT2D eigenvalue weighted by molar-refractivity contribution is -0.141. The van der Waals surface area contributed by atoms with Crippen molar-refractivity contribution in [2.45, 2.75) is 18.6 Å². The summed E-state index contributed by atoms with van der Waals surface area (Å²) in [6.07, 6.45) is 1.75. The van der Waals surface area contributed by atoms with E-state index in [1.807, 2.05) is 0 Å². The predicted octanol–water partition coefficient (Wildman–Crippen LogP) is 2.42. The van der Waals surface area contributed by atoms with E-state index in [0.717, 1.165) is 0 Å². The van der Waals surface area contributed by atoms with Gasteiger partial charge < -0.3 is 10.1 Å². The monoisotopic (exact) mass is 381 g/mol. The van der Waals surface area contributed by atoms with Crippen molar-refractivity contribution in [3.8, 4) is 11.3 Å². The molecule has 7 nitrogen and oxygen atoms in total. The van der Waals surface area contributed by atoms with Crippen LogP contribution >= 0.6 is 23.4 Å². The molecule has 132 valence electrons. The Morgan fingerprint density at radius 1 is 1.36 bits per heavy atom. The maximum atomic E-state index is 12.4. The summed E-state index contributed by atoms with van der Waals surface area (Å²) in [5, 5.41) is 3.47. The highest BCUT2D eigenvalue weighted by Gasteiger charge is 2.15. The second kappa shape index (κ2) is 8.17. The lowest BCUT2D eigenvalue weighted by Crippen LogP contribution is -2.27. The molecule has 2 rings (SSSR count). The number of thioether (sulfide) groups is 1. The second-order valence-corrected chi connectivity index (χ2v) is 6.21. The molecule has 0 aliphatic carbocycles. The van der Waals surface area contributed by atoms with Gasteiger partial charge in [0.05, 0.1) is 18.5 Å². The first-order chi connectivity index (χ1) is 11.8. The van der Waals surface area contributed by atoms with E-state index in [4.69, 9.17) is 11.6 Å². The van der Waals surface area contributed by atoms with E-state index < -0.39 is 11.5 Å². The fourth-order valence-electron chi connectivity index (χ4n) is 2.15. The largest absolute Gasteiger partial charge is 0.468 e. The number of carbonyl (C=O) groups is 2. The Hall–Kier alpha value is -2.32. The molecule has 0 bridgehead atoms. The molecule has 0 unspecified atom stereocenters. The summed E-state index contributed by atoms with van der Waals surface area (Å²) in [5.41, 5.74) is 0.973. The first-order valence-corrected chi connectivity index (χ1v) is 8.76. The number of carbonyl (C=O) groups excluding carboxylic acids is 2. The van der Waals surface area contributed by atoms with Crippen molar-refractivity contribution in [3.63, 3.8) is 0 Å². The van der Waals surface area contributed by atoms with Gasteiger partial charge in [0, 0.05) is 23.6 Å². The first kappa shape index (κ1) is 19.0. The molecular formula is C16H16ClN3O4S. The van der Waals surface area contributed by atoms with Crippen molar-refractivity contribution in [2.24, 2.45) is 0 Å². The third-order valence-corrected chi connectivity index (χ3v) is 4.15. The minimum atomic E-state index is -0.544. The zero-order chi connectivity index (χ0) is 18.6. The molecule has 0 radical (unpaired) electrons. The van der Waals surface area contributed by atoms with E-state index in [-0.39, 0.29) is 12.5 Å². The molecule has 0 aliphatic rings. The molecule has 1 N–H and O–H groups in total. The molecule has 0 fully saturated rings. The van der Waals surface area contributed by atoms with Crippen LogP contribution in [0.3, 0.4) is 0 Å². The van der Waals surface area contributed by atoms with Gasteiger partial charge in [-0.25, -0.2) is 4.98 Å². The molecule has 0 saturated carbocycles. The Morgan fingerprint density at radius 2 is 2.08 bits per heavy atom. The molecule has 1 aromatic carbocycles. The van der Waals surface area contributed by atoms with Crippen LogP contribution in [-0.4, -0.2) is 34.8 Å². The summed E-state index contributed by atoms with van der Waals surface area (Å²) in [7, 11) is 1.25. The molecule has 25 heavy (non-hydrogen) atoms. The molecule has 2 aromatic rings. The number of methoxy groups -OCH3 is 1. The summed E-state index contributed by atoms with van der Waals surface area (Å²) in [5.74, 6) is -0.815. The minimum Gasteiger partial charge on any atom is -0.468 e. The predicted molar refractivity (Wildman–Crippen MR) is 97.0 cm³/mol. The number of anilines is 1. The topological polar surface area (TPSA) is 90.3 Å².